The number of carboxylic acid groups (broad SMARTS) is 1. The topological polar surface area (TPSA) is 52.6 Å². The van der Waals surface area contributed by atoms with Gasteiger partial charge in [0.25, 0.3) is 0 Å². The molecule has 4 nitrogen and oxygen atoms in total. The van der Waals surface area contributed by atoms with Gasteiger partial charge in [0.2, 0.25) is 0 Å². The van der Waals surface area contributed by atoms with E-state index in [9.17, 15) is 9.90 Å². The molecule has 2 N–H and O–H groups in total. The van der Waals surface area contributed by atoms with E-state index in [0.29, 0.717) is 18.4 Å². The summed E-state index contributed by atoms with van der Waals surface area (Å²) in [6, 6.07) is 1.21. The van der Waals surface area contributed by atoms with E-state index in [2.05, 4.69) is 24.1 Å². The minimum Gasteiger partial charge on any atom is -0.480 e. The lowest BCUT2D eigenvalue weighted by molar-refractivity contribution is -0.145. The molecule has 4 heteroatoms. The average Bonchev–Trinajstić information content (AvgIpc) is 3.28. The Morgan fingerprint density at radius 1 is 1.33 bits per heavy atom. The summed E-state index contributed by atoms with van der Waals surface area (Å²) in [6.45, 7) is 8.71. The lowest BCUT2D eigenvalue weighted by Gasteiger charge is -2.31. The van der Waals surface area contributed by atoms with Gasteiger partial charge >= 0.3 is 5.97 Å². The molecule has 2 rings (SSSR count). The van der Waals surface area contributed by atoms with Gasteiger partial charge in [0.1, 0.15) is 5.54 Å². The molecule has 0 bridgehead atoms. The summed E-state index contributed by atoms with van der Waals surface area (Å²) < 4.78 is 0. The smallest absolute Gasteiger partial charge is 0.323 e. The van der Waals surface area contributed by atoms with Crippen LogP contribution in [0.2, 0.25) is 0 Å². The zero-order valence-corrected chi connectivity index (χ0v) is 13.9. The molecule has 0 spiro atoms. The van der Waals surface area contributed by atoms with Crippen LogP contribution >= 0.6 is 0 Å². The third kappa shape index (κ3) is 4.96. The van der Waals surface area contributed by atoms with Crippen LogP contribution in [-0.4, -0.2) is 46.7 Å². The van der Waals surface area contributed by atoms with Crippen LogP contribution in [0.3, 0.4) is 0 Å². The third-order valence-electron chi connectivity index (χ3n) is 4.78. The van der Waals surface area contributed by atoms with E-state index < -0.39 is 11.5 Å². The van der Waals surface area contributed by atoms with Crippen molar-refractivity contribution in [3.05, 3.63) is 0 Å². The molecule has 2 fully saturated rings. The maximum atomic E-state index is 11.7. The Labute approximate surface area is 129 Å². The van der Waals surface area contributed by atoms with E-state index in [-0.39, 0.29) is 0 Å². The highest BCUT2D eigenvalue weighted by Gasteiger charge is 2.41. The van der Waals surface area contributed by atoms with E-state index in [1.54, 1.807) is 0 Å². The number of rotatable bonds is 11. The van der Waals surface area contributed by atoms with Crippen molar-refractivity contribution in [1.82, 2.24) is 10.2 Å². The van der Waals surface area contributed by atoms with E-state index in [4.69, 9.17) is 0 Å². The number of nitrogens with one attached hydrogen (secondary N) is 1. The quantitative estimate of drug-likeness (QED) is 0.615. The molecule has 1 atom stereocenters. The molecular formula is C17H32N2O2. The molecule has 0 saturated heterocycles. The minimum absolute atomic E-state index is 0.441. The predicted molar refractivity (Wildman–Crippen MR) is 85.5 cm³/mol. The molecule has 0 aromatic heterocycles. The zero-order chi connectivity index (χ0) is 15.5. The van der Waals surface area contributed by atoms with Gasteiger partial charge in [0.15, 0.2) is 0 Å². The SMILES string of the molecule is CCC(CCCN(CC(C)C)C1CC1)(NC1CC1)C(=O)O. The summed E-state index contributed by atoms with van der Waals surface area (Å²) in [5.74, 6) is 0.0179. The zero-order valence-electron chi connectivity index (χ0n) is 13.9. The number of aliphatic carboxylic acids is 1. The molecule has 2 aliphatic carbocycles. The van der Waals surface area contributed by atoms with Crippen molar-refractivity contribution in [2.45, 2.75) is 83.3 Å². The molecule has 0 aromatic carbocycles. The standard InChI is InChI=1S/C17H32N2O2/c1-4-17(16(20)21,18-14-6-7-14)10-5-11-19(12-13(2)3)15-8-9-15/h13-15,18H,4-12H2,1-3H3,(H,20,21). The summed E-state index contributed by atoms with van der Waals surface area (Å²) in [7, 11) is 0. The summed E-state index contributed by atoms with van der Waals surface area (Å²) >= 11 is 0. The van der Waals surface area contributed by atoms with Crippen LogP contribution in [0.25, 0.3) is 0 Å². The maximum absolute atomic E-state index is 11.7. The van der Waals surface area contributed by atoms with Crippen molar-refractivity contribution in [2.75, 3.05) is 13.1 Å². The second kappa shape index (κ2) is 7.10. The first-order chi connectivity index (χ1) is 9.97. The Morgan fingerprint density at radius 2 is 2.00 bits per heavy atom. The number of hydrogen-bond acceptors (Lipinski definition) is 3. The Morgan fingerprint density at radius 3 is 2.43 bits per heavy atom. The molecule has 0 heterocycles. The summed E-state index contributed by atoms with van der Waals surface area (Å²) in [6.07, 6.45) is 7.31. The fraction of sp³-hybridized carbons (Fsp3) is 0.941. The Hall–Kier alpha value is -0.610. The highest BCUT2D eigenvalue weighted by Crippen LogP contribution is 2.30. The van der Waals surface area contributed by atoms with Crippen LogP contribution in [0.5, 0.6) is 0 Å². The first-order valence-corrected chi connectivity index (χ1v) is 8.72. The lowest BCUT2D eigenvalue weighted by atomic mass is 9.90. The molecule has 21 heavy (non-hydrogen) atoms. The first-order valence-electron chi connectivity index (χ1n) is 8.72. The van der Waals surface area contributed by atoms with E-state index in [0.717, 1.165) is 44.8 Å². The summed E-state index contributed by atoms with van der Waals surface area (Å²) in [5.41, 5.74) is -0.700. The molecule has 2 aliphatic rings. The molecule has 122 valence electrons. The van der Waals surface area contributed by atoms with Crippen molar-refractivity contribution < 1.29 is 9.90 Å². The summed E-state index contributed by atoms with van der Waals surface area (Å²) in [4.78, 5) is 14.3. The fourth-order valence-corrected chi connectivity index (χ4v) is 3.20. The van der Waals surface area contributed by atoms with Crippen LogP contribution < -0.4 is 5.32 Å². The maximum Gasteiger partial charge on any atom is 0.323 e. The fourth-order valence-electron chi connectivity index (χ4n) is 3.20. The monoisotopic (exact) mass is 296 g/mol. The lowest BCUT2D eigenvalue weighted by Crippen LogP contribution is -2.53. The largest absolute Gasteiger partial charge is 0.480 e. The Balaban J connectivity index is 1.83. The predicted octanol–water partition coefficient (Wildman–Crippen LogP) is 2.87. The Bertz CT molecular complexity index is 351. The van der Waals surface area contributed by atoms with Gasteiger partial charge in [-0.1, -0.05) is 20.8 Å². The number of carbonyl (C=O) groups is 1. The van der Waals surface area contributed by atoms with Crippen LogP contribution in [0.15, 0.2) is 0 Å². The van der Waals surface area contributed by atoms with Crippen molar-refractivity contribution in [1.29, 1.82) is 0 Å². The molecule has 0 aromatic rings. The van der Waals surface area contributed by atoms with Gasteiger partial charge in [0.05, 0.1) is 0 Å². The second-order valence-electron chi connectivity index (χ2n) is 7.38. The van der Waals surface area contributed by atoms with E-state index in [1.807, 2.05) is 6.92 Å². The first kappa shape index (κ1) is 16.8. The van der Waals surface area contributed by atoms with Gasteiger partial charge < -0.3 is 10.0 Å². The van der Waals surface area contributed by atoms with Crippen molar-refractivity contribution in [3.8, 4) is 0 Å². The van der Waals surface area contributed by atoms with Gasteiger partial charge in [-0.25, -0.2) is 0 Å². The molecule has 0 aliphatic heterocycles. The van der Waals surface area contributed by atoms with Crippen LogP contribution in [0, 0.1) is 5.92 Å². The third-order valence-corrected chi connectivity index (χ3v) is 4.78. The molecule has 0 radical (unpaired) electrons. The van der Waals surface area contributed by atoms with Crippen molar-refractivity contribution in [2.24, 2.45) is 5.92 Å². The highest BCUT2D eigenvalue weighted by molar-refractivity contribution is 5.78. The molecular weight excluding hydrogens is 264 g/mol. The van der Waals surface area contributed by atoms with Crippen LogP contribution in [-0.2, 0) is 4.79 Å². The van der Waals surface area contributed by atoms with Gasteiger partial charge in [-0.2, -0.15) is 0 Å². The molecule has 0 amide bonds. The second-order valence-corrected chi connectivity index (χ2v) is 7.38. The number of carboxylic acids is 1. The Kier molecular flexibility index (Phi) is 5.67. The van der Waals surface area contributed by atoms with Gasteiger partial charge in [0, 0.05) is 18.6 Å². The van der Waals surface area contributed by atoms with Gasteiger partial charge in [-0.15, -0.1) is 0 Å². The van der Waals surface area contributed by atoms with E-state index >= 15 is 0 Å². The van der Waals surface area contributed by atoms with Crippen LogP contribution in [0.4, 0.5) is 0 Å². The van der Waals surface area contributed by atoms with Crippen molar-refractivity contribution in [3.63, 3.8) is 0 Å². The number of hydrogen-bond donors (Lipinski definition) is 2. The number of nitrogens with zero attached hydrogens (tertiary/aromatic N) is 1. The van der Waals surface area contributed by atoms with Gasteiger partial charge in [-0.05, 0) is 57.4 Å². The normalized spacial score (nSPS) is 21.8. The van der Waals surface area contributed by atoms with Crippen LogP contribution in [0.1, 0.15) is 65.7 Å². The van der Waals surface area contributed by atoms with E-state index in [1.165, 1.54) is 12.8 Å². The van der Waals surface area contributed by atoms with Gasteiger partial charge in [-0.3, -0.25) is 10.1 Å². The minimum atomic E-state index is -0.700. The molecule has 1 unspecified atom stereocenters. The molecule has 2 saturated carbocycles. The average molecular weight is 296 g/mol. The summed E-state index contributed by atoms with van der Waals surface area (Å²) in [5, 5.41) is 13.1. The van der Waals surface area contributed by atoms with Crippen molar-refractivity contribution >= 4 is 5.97 Å². The highest BCUT2D eigenvalue weighted by atomic mass is 16.4.